The molecule has 2 unspecified atom stereocenters. The lowest BCUT2D eigenvalue weighted by Gasteiger charge is -2.35. The number of hydrogen-bond acceptors (Lipinski definition) is 3. The van der Waals surface area contributed by atoms with Crippen molar-refractivity contribution in [3.05, 3.63) is 0 Å². The molecule has 0 aromatic heterocycles. The maximum absolute atomic E-state index is 9.97. The Morgan fingerprint density at radius 2 is 2.42 bits per heavy atom. The predicted molar refractivity (Wildman–Crippen MR) is 46.1 cm³/mol. The van der Waals surface area contributed by atoms with Crippen molar-refractivity contribution in [2.75, 3.05) is 19.8 Å². The molecule has 0 aromatic rings. The van der Waals surface area contributed by atoms with Gasteiger partial charge in [0.25, 0.3) is 0 Å². The summed E-state index contributed by atoms with van der Waals surface area (Å²) in [6.45, 7) is 5.67. The van der Waals surface area contributed by atoms with Crippen LogP contribution in [0.2, 0.25) is 0 Å². The van der Waals surface area contributed by atoms with Gasteiger partial charge >= 0.3 is 0 Å². The quantitative estimate of drug-likeness (QED) is 0.692. The third kappa shape index (κ3) is 2.73. The molecule has 2 atom stereocenters. The van der Waals surface area contributed by atoms with E-state index in [1.807, 2.05) is 13.8 Å². The van der Waals surface area contributed by atoms with E-state index >= 15 is 0 Å². The Morgan fingerprint density at radius 3 is 3.00 bits per heavy atom. The fraction of sp³-hybridized carbons (Fsp3) is 1.00. The third-order valence-electron chi connectivity index (χ3n) is 2.21. The number of ether oxygens (including phenoxy) is 2. The first-order valence-electron chi connectivity index (χ1n) is 4.58. The molecular weight excluding hydrogens is 156 g/mol. The monoisotopic (exact) mass is 174 g/mol. The molecule has 1 heterocycles. The summed E-state index contributed by atoms with van der Waals surface area (Å²) in [6.07, 6.45) is 1.54. The highest BCUT2D eigenvalue weighted by Gasteiger charge is 2.33. The van der Waals surface area contributed by atoms with Crippen molar-refractivity contribution in [1.82, 2.24) is 0 Å². The Hall–Kier alpha value is -0.120. The number of aliphatic hydroxyl groups is 1. The molecule has 1 N–H and O–H groups in total. The molecule has 0 aliphatic carbocycles. The lowest BCUT2D eigenvalue weighted by atomic mass is 9.92. The smallest absolute Gasteiger partial charge is 0.0926 e. The molecule has 0 radical (unpaired) electrons. The van der Waals surface area contributed by atoms with Crippen molar-refractivity contribution in [3.63, 3.8) is 0 Å². The van der Waals surface area contributed by atoms with Crippen LogP contribution in [-0.4, -0.2) is 36.6 Å². The van der Waals surface area contributed by atoms with Gasteiger partial charge in [-0.25, -0.2) is 0 Å². The van der Waals surface area contributed by atoms with E-state index in [0.717, 1.165) is 0 Å². The minimum atomic E-state index is -0.645. The van der Waals surface area contributed by atoms with Gasteiger partial charge in [-0.1, -0.05) is 0 Å². The van der Waals surface area contributed by atoms with Gasteiger partial charge in [0.1, 0.15) is 0 Å². The lowest BCUT2D eigenvalue weighted by Crippen LogP contribution is -2.43. The molecule has 0 aromatic carbocycles. The van der Waals surface area contributed by atoms with Crippen molar-refractivity contribution in [2.24, 2.45) is 0 Å². The van der Waals surface area contributed by atoms with E-state index in [2.05, 4.69) is 0 Å². The van der Waals surface area contributed by atoms with Crippen molar-refractivity contribution in [2.45, 2.75) is 38.4 Å². The highest BCUT2D eigenvalue weighted by atomic mass is 16.5. The molecule has 72 valence electrons. The molecular formula is C9H18O3. The van der Waals surface area contributed by atoms with E-state index in [9.17, 15) is 5.11 Å². The first-order valence-corrected chi connectivity index (χ1v) is 4.58. The van der Waals surface area contributed by atoms with E-state index in [0.29, 0.717) is 32.7 Å². The maximum atomic E-state index is 9.97. The second-order valence-electron chi connectivity index (χ2n) is 3.50. The molecule has 1 aliphatic heterocycles. The Bertz CT molecular complexity index is 138. The molecule has 3 nitrogen and oxygen atoms in total. The molecule has 1 saturated heterocycles. The largest absolute Gasteiger partial charge is 0.387 e. The molecule has 0 saturated carbocycles. The highest BCUT2D eigenvalue weighted by Crippen LogP contribution is 2.24. The predicted octanol–water partition coefficient (Wildman–Crippen LogP) is 0.953. The molecule has 0 amide bonds. The van der Waals surface area contributed by atoms with E-state index in [1.165, 1.54) is 0 Å². The summed E-state index contributed by atoms with van der Waals surface area (Å²) in [6, 6.07) is 0. The summed E-state index contributed by atoms with van der Waals surface area (Å²) >= 11 is 0. The van der Waals surface area contributed by atoms with Gasteiger partial charge in [0.15, 0.2) is 0 Å². The van der Waals surface area contributed by atoms with Gasteiger partial charge in [-0.2, -0.15) is 0 Å². The van der Waals surface area contributed by atoms with Crippen LogP contribution < -0.4 is 0 Å². The van der Waals surface area contributed by atoms with Crippen LogP contribution in [0.3, 0.4) is 0 Å². The lowest BCUT2D eigenvalue weighted by molar-refractivity contribution is -0.129. The zero-order valence-electron chi connectivity index (χ0n) is 7.88. The second-order valence-corrected chi connectivity index (χ2v) is 3.50. The maximum Gasteiger partial charge on any atom is 0.0926 e. The molecule has 0 spiro atoms. The average molecular weight is 174 g/mol. The van der Waals surface area contributed by atoms with Crippen molar-refractivity contribution in [3.8, 4) is 0 Å². The van der Waals surface area contributed by atoms with Crippen LogP contribution in [0.25, 0.3) is 0 Å². The van der Waals surface area contributed by atoms with Crippen molar-refractivity contribution < 1.29 is 14.6 Å². The minimum absolute atomic E-state index is 0.157. The van der Waals surface area contributed by atoms with Gasteiger partial charge in [-0.05, 0) is 13.8 Å². The standard InChI is InChI=1S/C9H18O3/c1-3-11-7-9(10)4-5-12-8(2)6-9/h8,10H,3-7H2,1-2H3. The molecule has 1 aliphatic rings. The summed E-state index contributed by atoms with van der Waals surface area (Å²) in [4.78, 5) is 0. The van der Waals surface area contributed by atoms with E-state index in [4.69, 9.17) is 9.47 Å². The van der Waals surface area contributed by atoms with E-state index in [1.54, 1.807) is 0 Å². The van der Waals surface area contributed by atoms with Gasteiger partial charge in [0.2, 0.25) is 0 Å². The van der Waals surface area contributed by atoms with Crippen LogP contribution in [0.1, 0.15) is 26.7 Å². The summed E-state index contributed by atoms with van der Waals surface area (Å²) in [5.41, 5.74) is -0.645. The zero-order valence-corrected chi connectivity index (χ0v) is 7.88. The van der Waals surface area contributed by atoms with Crippen molar-refractivity contribution in [1.29, 1.82) is 0 Å². The van der Waals surface area contributed by atoms with E-state index in [-0.39, 0.29) is 6.10 Å². The SMILES string of the molecule is CCOCC1(O)CCOC(C)C1. The second kappa shape index (κ2) is 4.21. The molecule has 1 rings (SSSR count). The fourth-order valence-corrected chi connectivity index (χ4v) is 1.57. The Labute approximate surface area is 73.7 Å². The van der Waals surface area contributed by atoms with Gasteiger partial charge in [-0.15, -0.1) is 0 Å². The topological polar surface area (TPSA) is 38.7 Å². The summed E-state index contributed by atoms with van der Waals surface area (Å²) in [5, 5.41) is 9.97. The number of rotatable bonds is 3. The summed E-state index contributed by atoms with van der Waals surface area (Å²) in [5.74, 6) is 0. The minimum Gasteiger partial charge on any atom is -0.387 e. The molecule has 0 bridgehead atoms. The van der Waals surface area contributed by atoms with Crippen LogP contribution >= 0.6 is 0 Å². The Kier molecular flexibility index (Phi) is 3.50. The van der Waals surface area contributed by atoms with Gasteiger partial charge in [0.05, 0.1) is 18.3 Å². The molecule has 1 fully saturated rings. The van der Waals surface area contributed by atoms with Crippen LogP contribution in [0.15, 0.2) is 0 Å². The highest BCUT2D eigenvalue weighted by molar-refractivity contribution is 4.83. The molecule has 12 heavy (non-hydrogen) atoms. The Balaban J connectivity index is 2.35. The van der Waals surface area contributed by atoms with Gasteiger partial charge in [0, 0.05) is 26.1 Å². The first-order chi connectivity index (χ1) is 5.66. The third-order valence-corrected chi connectivity index (χ3v) is 2.21. The van der Waals surface area contributed by atoms with Crippen LogP contribution in [-0.2, 0) is 9.47 Å². The van der Waals surface area contributed by atoms with E-state index < -0.39 is 5.60 Å². The normalized spacial score (nSPS) is 36.8. The average Bonchev–Trinajstić information content (AvgIpc) is 2.01. The summed E-state index contributed by atoms with van der Waals surface area (Å²) < 4.78 is 10.6. The van der Waals surface area contributed by atoms with Crippen molar-refractivity contribution >= 4 is 0 Å². The van der Waals surface area contributed by atoms with Crippen LogP contribution in [0.5, 0.6) is 0 Å². The van der Waals surface area contributed by atoms with Crippen LogP contribution in [0.4, 0.5) is 0 Å². The summed E-state index contributed by atoms with van der Waals surface area (Å²) in [7, 11) is 0. The van der Waals surface area contributed by atoms with Gasteiger partial charge in [-0.3, -0.25) is 0 Å². The number of hydrogen-bond donors (Lipinski definition) is 1. The Morgan fingerprint density at radius 1 is 1.67 bits per heavy atom. The molecule has 3 heteroatoms. The van der Waals surface area contributed by atoms with Crippen LogP contribution in [0, 0.1) is 0 Å². The zero-order chi connectivity index (χ0) is 9.03. The first kappa shape index (κ1) is 9.96. The van der Waals surface area contributed by atoms with Gasteiger partial charge < -0.3 is 14.6 Å². The fourth-order valence-electron chi connectivity index (χ4n) is 1.57.